The van der Waals surface area contributed by atoms with Crippen molar-refractivity contribution in [3.8, 4) is 0 Å². The molecule has 0 bridgehead atoms. The van der Waals surface area contributed by atoms with Gasteiger partial charge in [-0.2, -0.15) is 5.10 Å². The van der Waals surface area contributed by atoms with E-state index < -0.39 is 0 Å². The standard InChI is InChI=1S/C13H13FN2O/c1-16-9-11(8-15-16)7-13(17)6-10-2-4-12(14)5-3-10/h2-5,8-9H,6-7H2,1H3. The minimum absolute atomic E-state index is 0.101. The zero-order valence-corrected chi connectivity index (χ0v) is 9.56. The summed E-state index contributed by atoms with van der Waals surface area (Å²) in [5.41, 5.74) is 1.74. The van der Waals surface area contributed by atoms with Gasteiger partial charge in [-0.1, -0.05) is 12.1 Å². The largest absolute Gasteiger partial charge is 0.299 e. The molecular formula is C13H13FN2O. The molecule has 1 aromatic heterocycles. The lowest BCUT2D eigenvalue weighted by molar-refractivity contribution is -0.117. The molecule has 4 heteroatoms. The zero-order valence-electron chi connectivity index (χ0n) is 9.56. The lowest BCUT2D eigenvalue weighted by atomic mass is 10.0. The number of halogens is 1. The Morgan fingerprint density at radius 3 is 2.47 bits per heavy atom. The van der Waals surface area contributed by atoms with Crippen molar-refractivity contribution in [2.75, 3.05) is 0 Å². The summed E-state index contributed by atoms with van der Waals surface area (Å²) in [4.78, 5) is 11.7. The van der Waals surface area contributed by atoms with E-state index in [1.165, 1.54) is 12.1 Å². The average molecular weight is 232 g/mol. The van der Waals surface area contributed by atoms with Crippen LogP contribution in [0.25, 0.3) is 0 Å². The van der Waals surface area contributed by atoms with E-state index in [-0.39, 0.29) is 11.6 Å². The van der Waals surface area contributed by atoms with E-state index in [1.807, 2.05) is 13.2 Å². The van der Waals surface area contributed by atoms with E-state index in [4.69, 9.17) is 0 Å². The molecule has 2 rings (SSSR count). The van der Waals surface area contributed by atoms with Crippen LogP contribution < -0.4 is 0 Å². The number of aromatic nitrogens is 2. The molecule has 0 aliphatic heterocycles. The van der Waals surface area contributed by atoms with Crippen molar-refractivity contribution in [1.29, 1.82) is 0 Å². The van der Waals surface area contributed by atoms with Crippen LogP contribution in [0.3, 0.4) is 0 Å². The first-order valence-electron chi connectivity index (χ1n) is 5.37. The van der Waals surface area contributed by atoms with Gasteiger partial charge in [0.25, 0.3) is 0 Å². The summed E-state index contributed by atoms with van der Waals surface area (Å²) in [6.07, 6.45) is 4.20. The highest BCUT2D eigenvalue weighted by Gasteiger charge is 2.06. The number of hydrogen-bond donors (Lipinski definition) is 0. The Morgan fingerprint density at radius 2 is 1.88 bits per heavy atom. The third kappa shape index (κ3) is 3.24. The molecule has 0 N–H and O–H groups in total. The highest BCUT2D eigenvalue weighted by atomic mass is 19.1. The van der Waals surface area contributed by atoms with E-state index in [1.54, 1.807) is 23.0 Å². The molecule has 0 aliphatic carbocycles. The molecule has 88 valence electrons. The molecule has 3 nitrogen and oxygen atoms in total. The molecule has 0 saturated heterocycles. The van der Waals surface area contributed by atoms with E-state index in [2.05, 4.69) is 5.10 Å². The molecule has 1 heterocycles. The molecule has 0 fully saturated rings. The fraction of sp³-hybridized carbons (Fsp3) is 0.231. The number of Topliss-reactive ketones (excluding diaryl/α,β-unsaturated/α-hetero) is 1. The molecule has 1 aromatic carbocycles. The number of carbonyl (C=O) groups is 1. The van der Waals surface area contributed by atoms with E-state index in [0.717, 1.165) is 11.1 Å². The van der Waals surface area contributed by atoms with Gasteiger partial charge in [0.2, 0.25) is 0 Å². The number of carbonyl (C=O) groups excluding carboxylic acids is 1. The minimum atomic E-state index is -0.284. The van der Waals surface area contributed by atoms with Crippen molar-refractivity contribution in [3.05, 3.63) is 53.6 Å². The Hall–Kier alpha value is -1.97. The van der Waals surface area contributed by atoms with Crippen LogP contribution in [0.2, 0.25) is 0 Å². The second-order valence-corrected chi connectivity index (χ2v) is 4.04. The van der Waals surface area contributed by atoms with Crippen molar-refractivity contribution in [1.82, 2.24) is 9.78 Å². The molecule has 0 spiro atoms. The molecule has 17 heavy (non-hydrogen) atoms. The smallest absolute Gasteiger partial charge is 0.141 e. The summed E-state index contributed by atoms with van der Waals surface area (Å²) in [7, 11) is 1.81. The lowest BCUT2D eigenvalue weighted by Crippen LogP contribution is -2.06. The molecule has 0 aliphatic rings. The maximum atomic E-state index is 12.7. The summed E-state index contributed by atoms with van der Waals surface area (Å²) in [5, 5.41) is 4.00. The predicted octanol–water partition coefficient (Wildman–Crippen LogP) is 1.91. The van der Waals surface area contributed by atoms with Crippen molar-refractivity contribution in [2.24, 2.45) is 7.05 Å². The third-order valence-electron chi connectivity index (χ3n) is 2.47. The van der Waals surface area contributed by atoms with Crippen LogP contribution in [0, 0.1) is 5.82 Å². The Kier molecular flexibility index (Phi) is 3.32. The number of aryl methyl sites for hydroxylation is 1. The van der Waals surface area contributed by atoms with Crippen LogP contribution >= 0.6 is 0 Å². The van der Waals surface area contributed by atoms with Gasteiger partial charge in [-0.15, -0.1) is 0 Å². The van der Waals surface area contributed by atoms with Gasteiger partial charge in [-0.3, -0.25) is 9.48 Å². The number of ketones is 1. The summed E-state index contributed by atoms with van der Waals surface area (Å²) in [6.45, 7) is 0. The van der Waals surface area contributed by atoms with Gasteiger partial charge in [0.05, 0.1) is 6.20 Å². The van der Waals surface area contributed by atoms with Gasteiger partial charge in [-0.25, -0.2) is 4.39 Å². The number of benzene rings is 1. The number of rotatable bonds is 4. The first-order chi connectivity index (χ1) is 8.13. The maximum absolute atomic E-state index is 12.7. The highest BCUT2D eigenvalue weighted by molar-refractivity contribution is 5.82. The number of nitrogens with zero attached hydrogens (tertiary/aromatic N) is 2. The Labute approximate surface area is 98.9 Å². The first-order valence-corrected chi connectivity index (χ1v) is 5.37. The normalized spacial score (nSPS) is 10.5. The van der Waals surface area contributed by atoms with Crippen LogP contribution in [0.1, 0.15) is 11.1 Å². The Morgan fingerprint density at radius 1 is 1.24 bits per heavy atom. The molecular weight excluding hydrogens is 219 g/mol. The minimum Gasteiger partial charge on any atom is -0.299 e. The van der Waals surface area contributed by atoms with Gasteiger partial charge < -0.3 is 0 Å². The molecule has 0 atom stereocenters. The Balaban J connectivity index is 1.95. The monoisotopic (exact) mass is 232 g/mol. The quantitative estimate of drug-likeness (QED) is 0.807. The van der Waals surface area contributed by atoms with Crippen molar-refractivity contribution in [3.63, 3.8) is 0 Å². The van der Waals surface area contributed by atoms with Crippen molar-refractivity contribution >= 4 is 5.78 Å². The summed E-state index contributed by atoms with van der Waals surface area (Å²) in [5.74, 6) is -0.182. The summed E-state index contributed by atoms with van der Waals surface area (Å²) < 4.78 is 14.3. The van der Waals surface area contributed by atoms with Crippen LogP contribution in [-0.2, 0) is 24.7 Å². The molecule has 2 aromatic rings. The average Bonchev–Trinajstić information content (AvgIpc) is 2.67. The fourth-order valence-electron chi connectivity index (χ4n) is 1.68. The first kappa shape index (κ1) is 11.5. The second kappa shape index (κ2) is 4.91. The van der Waals surface area contributed by atoms with Gasteiger partial charge in [0.1, 0.15) is 11.6 Å². The van der Waals surface area contributed by atoms with Crippen molar-refractivity contribution in [2.45, 2.75) is 12.8 Å². The van der Waals surface area contributed by atoms with E-state index in [0.29, 0.717) is 12.8 Å². The predicted molar refractivity (Wildman–Crippen MR) is 62.0 cm³/mol. The number of hydrogen-bond acceptors (Lipinski definition) is 2. The SMILES string of the molecule is Cn1cc(CC(=O)Cc2ccc(F)cc2)cn1. The molecule has 0 amide bonds. The molecule has 0 unspecified atom stereocenters. The highest BCUT2D eigenvalue weighted by Crippen LogP contribution is 2.06. The molecule has 0 saturated carbocycles. The van der Waals surface area contributed by atoms with Crippen LogP contribution in [0.5, 0.6) is 0 Å². The summed E-state index contributed by atoms with van der Waals surface area (Å²) >= 11 is 0. The lowest BCUT2D eigenvalue weighted by Gasteiger charge is -1.99. The van der Waals surface area contributed by atoms with Crippen LogP contribution in [0.4, 0.5) is 4.39 Å². The maximum Gasteiger partial charge on any atom is 0.141 e. The van der Waals surface area contributed by atoms with Crippen LogP contribution in [-0.4, -0.2) is 15.6 Å². The third-order valence-corrected chi connectivity index (χ3v) is 2.47. The summed E-state index contributed by atoms with van der Waals surface area (Å²) in [6, 6.07) is 6.01. The Bertz CT molecular complexity index is 516. The fourth-order valence-corrected chi connectivity index (χ4v) is 1.68. The second-order valence-electron chi connectivity index (χ2n) is 4.04. The van der Waals surface area contributed by atoms with E-state index in [9.17, 15) is 9.18 Å². The van der Waals surface area contributed by atoms with Gasteiger partial charge in [-0.05, 0) is 23.3 Å². The topological polar surface area (TPSA) is 34.9 Å². The zero-order chi connectivity index (χ0) is 12.3. The van der Waals surface area contributed by atoms with E-state index >= 15 is 0 Å². The van der Waals surface area contributed by atoms with Gasteiger partial charge in [0, 0.05) is 26.1 Å². The van der Waals surface area contributed by atoms with Gasteiger partial charge >= 0.3 is 0 Å². The van der Waals surface area contributed by atoms with Crippen molar-refractivity contribution < 1.29 is 9.18 Å². The molecule has 0 radical (unpaired) electrons. The van der Waals surface area contributed by atoms with Crippen LogP contribution in [0.15, 0.2) is 36.7 Å². The van der Waals surface area contributed by atoms with Gasteiger partial charge in [0.15, 0.2) is 0 Å².